The van der Waals surface area contributed by atoms with Crippen LogP contribution in [0.4, 0.5) is 0 Å². The quantitative estimate of drug-likeness (QED) is 0.214. The van der Waals surface area contributed by atoms with E-state index < -0.39 is 0 Å². The molecular formula is C41H28N2O. The summed E-state index contributed by atoms with van der Waals surface area (Å²) in [6.45, 7) is 4.67. The van der Waals surface area contributed by atoms with Crippen molar-refractivity contribution in [1.82, 2.24) is 9.97 Å². The van der Waals surface area contributed by atoms with Gasteiger partial charge in [0, 0.05) is 32.9 Å². The molecule has 0 saturated carbocycles. The summed E-state index contributed by atoms with van der Waals surface area (Å²) < 4.78 is 6.13. The van der Waals surface area contributed by atoms with Crippen molar-refractivity contribution in [3.05, 3.63) is 145 Å². The Morgan fingerprint density at radius 1 is 0.477 bits per heavy atom. The summed E-state index contributed by atoms with van der Waals surface area (Å²) in [6, 6.07) is 46.9. The lowest BCUT2D eigenvalue weighted by Crippen LogP contribution is -2.15. The second kappa shape index (κ2) is 9.23. The fraction of sp³-hybridized carbons (Fsp3) is 0.0732. The molecule has 0 amide bonds. The zero-order valence-corrected chi connectivity index (χ0v) is 24.5. The molecule has 0 fully saturated rings. The molecule has 2 aromatic heterocycles. The van der Waals surface area contributed by atoms with Crippen molar-refractivity contribution in [2.75, 3.05) is 0 Å². The van der Waals surface area contributed by atoms with Crippen LogP contribution < -0.4 is 0 Å². The van der Waals surface area contributed by atoms with Crippen LogP contribution in [0.3, 0.4) is 0 Å². The van der Waals surface area contributed by atoms with Gasteiger partial charge in [-0.2, -0.15) is 0 Å². The summed E-state index contributed by atoms with van der Waals surface area (Å²) >= 11 is 0. The molecule has 2 heterocycles. The van der Waals surface area contributed by atoms with E-state index >= 15 is 0 Å². The van der Waals surface area contributed by atoms with E-state index in [-0.39, 0.29) is 5.41 Å². The lowest BCUT2D eigenvalue weighted by atomic mass is 9.81. The Hall–Kier alpha value is -5.54. The van der Waals surface area contributed by atoms with Crippen molar-refractivity contribution in [3.63, 3.8) is 0 Å². The molecule has 6 aromatic carbocycles. The molecule has 0 saturated heterocycles. The highest BCUT2D eigenvalue weighted by molar-refractivity contribution is 6.09. The van der Waals surface area contributed by atoms with E-state index in [9.17, 15) is 0 Å². The predicted molar refractivity (Wildman–Crippen MR) is 181 cm³/mol. The molecule has 0 bridgehead atoms. The van der Waals surface area contributed by atoms with Crippen molar-refractivity contribution in [2.24, 2.45) is 0 Å². The summed E-state index contributed by atoms with van der Waals surface area (Å²) in [4.78, 5) is 10.4. The van der Waals surface area contributed by atoms with Crippen LogP contribution in [0.5, 0.6) is 0 Å². The molecule has 0 spiro atoms. The molecule has 208 valence electrons. The van der Waals surface area contributed by atoms with Gasteiger partial charge in [-0.1, -0.05) is 111 Å². The number of fused-ring (bicyclic) bond motifs is 8. The minimum absolute atomic E-state index is 0.129. The van der Waals surface area contributed by atoms with Crippen LogP contribution >= 0.6 is 0 Å². The third-order valence-corrected chi connectivity index (χ3v) is 9.29. The van der Waals surface area contributed by atoms with E-state index in [1.807, 2.05) is 30.3 Å². The molecule has 44 heavy (non-hydrogen) atoms. The largest absolute Gasteiger partial charge is 0.456 e. The highest BCUT2D eigenvalue weighted by Gasteiger charge is 2.37. The molecule has 1 aliphatic rings. The van der Waals surface area contributed by atoms with E-state index in [4.69, 9.17) is 14.4 Å². The molecule has 0 N–H and O–H groups in total. The number of benzene rings is 6. The molecule has 3 heteroatoms. The fourth-order valence-corrected chi connectivity index (χ4v) is 7.10. The second-order valence-corrected chi connectivity index (χ2v) is 12.2. The Labute approximate surface area is 255 Å². The number of rotatable bonds is 3. The van der Waals surface area contributed by atoms with E-state index in [2.05, 4.69) is 117 Å². The van der Waals surface area contributed by atoms with Crippen molar-refractivity contribution >= 4 is 32.7 Å². The van der Waals surface area contributed by atoms with E-state index in [0.717, 1.165) is 50.0 Å². The van der Waals surface area contributed by atoms with Crippen LogP contribution in [-0.4, -0.2) is 9.97 Å². The molecular weight excluding hydrogens is 536 g/mol. The SMILES string of the molecule is CC1(C)c2ccccc2-c2c1cc(-c1cc(-c3ccc4oc5ccccc5c4c3)nc(-c3ccccc3)n1)c1ccccc21. The standard InChI is InChI=1S/C41H28N2O/c1-41(2)33-18-10-8-17-30(33)39-29-16-7-6-14-27(29)31(23-34(39)41)36-24-35(42-40(43-36)25-12-4-3-5-13-25)26-20-21-38-32(22-26)28-15-9-11-19-37(28)44-38/h3-24H,1-2H3. The van der Waals surface area contributed by atoms with Gasteiger partial charge in [0.05, 0.1) is 11.4 Å². The maximum Gasteiger partial charge on any atom is 0.160 e. The molecule has 0 radical (unpaired) electrons. The van der Waals surface area contributed by atoms with Gasteiger partial charge in [-0.15, -0.1) is 0 Å². The smallest absolute Gasteiger partial charge is 0.160 e. The van der Waals surface area contributed by atoms with Gasteiger partial charge in [0.1, 0.15) is 11.2 Å². The number of para-hydroxylation sites is 1. The van der Waals surface area contributed by atoms with Gasteiger partial charge in [0.25, 0.3) is 0 Å². The zero-order chi connectivity index (χ0) is 29.4. The molecule has 0 atom stereocenters. The van der Waals surface area contributed by atoms with Crippen LogP contribution in [0.2, 0.25) is 0 Å². The van der Waals surface area contributed by atoms with Crippen LogP contribution in [0.15, 0.2) is 138 Å². The molecule has 1 aliphatic carbocycles. The lowest BCUT2D eigenvalue weighted by molar-refractivity contribution is 0.661. The summed E-state index contributed by atoms with van der Waals surface area (Å²) in [7, 11) is 0. The minimum atomic E-state index is -0.129. The Bertz CT molecular complexity index is 2420. The normalized spacial score (nSPS) is 13.4. The van der Waals surface area contributed by atoms with Crippen molar-refractivity contribution < 1.29 is 4.42 Å². The second-order valence-electron chi connectivity index (χ2n) is 12.2. The Balaban J connectivity index is 1.32. The van der Waals surface area contributed by atoms with Gasteiger partial charge in [-0.25, -0.2) is 9.97 Å². The average molecular weight is 565 g/mol. The molecule has 0 unspecified atom stereocenters. The van der Waals surface area contributed by atoms with Gasteiger partial charge in [-0.05, 0) is 69.4 Å². The van der Waals surface area contributed by atoms with Crippen LogP contribution in [0.25, 0.3) is 77.7 Å². The Kier molecular flexibility index (Phi) is 5.24. The highest BCUT2D eigenvalue weighted by atomic mass is 16.3. The monoisotopic (exact) mass is 564 g/mol. The van der Waals surface area contributed by atoms with E-state index in [1.54, 1.807) is 0 Å². The molecule has 0 aliphatic heterocycles. The van der Waals surface area contributed by atoms with Crippen molar-refractivity contribution in [3.8, 4) is 45.0 Å². The van der Waals surface area contributed by atoms with Crippen molar-refractivity contribution in [1.29, 1.82) is 0 Å². The van der Waals surface area contributed by atoms with Crippen LogP contribution in [0, 0.1) is 0 Å². The third-order valence-electron chi connectivity index (χ3n) is 9.29. The van der Waals surface area contributed by atoms with Gasteiger partial charge in [0.15, 0.2) is 5.82 Å². The van der Waals surface area contributed by atoms with Crippen LogP contribution in [-0.2, 0) is 5.41 Å². The summed E-state index contributed by atoms with van der Waals surface area (Å²) in [5, 5.41) is 4.64. The Morgan fingerprint density at radius 2 is 1.16 bits per heavy atom. The predicted octanol–water partition coefficient (Wildman–Crippen LogP) is 10.8. The molecule has 8 aromatic rings. The first-order chi connectivity index (χ1) is 21.6. The number of aromatic nitrogens is 2. The number of hydrogen-bond acceptors (Lipinski definition) is 3. The van der Waals surface area contributed by atoms with Gasteiger partial charge in [-0.3, -0.25) is 0 Å². The highest BCUT2D eigenvalue weighted by Crippen LogP contribution is 2.53. The maximum absolute atomic E-state index is 6.13. The maximum atomic E-state index is 6.13. The van der Waals surface area contributed by atoms with E-state index in [1.165, 1.54) is 33.0 Å². The van der Waals surface area contributed by atoms with Gasteiger partial charge in [0.2, 0.25) is 0 Å². The fourth-order valence-electron chi connectivity index (χ4n) is 7.10. The Morgan fingerprint density at radius 3 is 2.02 bits per heavy atom. The van der Waals surface area contributed by atoms with Gasteiger partial charge >= 0.3 is 0 Å². The third kappa shape index (κ3) is 3.62. The number of hydrogen-bond donors (Lipinski definition) is 0. The first kappa shape index (κ1) is 25.0. The van der Waals surface area contributed by atoms with Gasteiger partial charge < -0.3 is 4.42 Å². The number of nitrogens with zero attached hydrogens (tertiary/aromatic N) is 2. The van der Waals surface area contributed by atoms with Crippen LogP contribution in [0.1, 0.15) is 25.0 Å². The zero-order valence-electron chi connectivity index (χ0n) is 24.5. The summed E-state index contributed by atoms with van der Waals surface area (Å²) in [5.41, 5.74) is 11.9. The lowest BCUT2D eigenvalue weighted by Gasteiger charge is -2.23. The summed E-state index contributed by atoms with van der Waals surface area (Å²) in [5.74, 6) is 0.711. The van der Waals surface area contributed by atoms with E-state index in [0.29, 0.717) is 5.82 Å². The average Bonchev–Trinajstić information content (AvgIpc) is 3.56. The topological polar surface area (TPSA) is 38.9 Å². The molecule has 9 rings (SSSR count). The first-order valence-electron chi connectivity index (χ1n) is 15.1. The number of furan rings is 1. The minimum Gasteiger partial charge on any atom is -0.456 e. The summed E-state index contributed by atoms with van der Waals surface area (Å²) in [6.07, 6.45) is 0. The molecule has 3 nitrogen and oxygen atoms in total. The van der Waals surface area contributed by atoms with Crippen molar-refractivity contribution in [2.45, 2.75) is 19.3 Å². The first-order valence-corrected chi connectivity index (χ1v) is 15.1.